The van der Waals surface area contributed by atoms with Crippen molar-refractivity contribution in [2.75, 3.05) is 0 Å². The van der Waals surface area contributed by atoms with Crippen LogP contribution in [0.25, 0.3) is 0 Å². The molecule has 2 nitrogen and oxygen atoms in total. The van der Waals surface area contributed by atoms with Gasteiger partial charge in [-0.3, -0.25) is 0 Å². The van der Waals surface area contributed by atoms with Gasteiger partial charge in [-0.15, -0.1) is 0 Å². The molecule has 0 unspecified atom stereocenters. The Hall–Kier alpha value is -1.96. The zero-order valence-electron chi connectivity index (χ0n) is 21.0. The van der Waals surface area contributed by atoms with Crippen molar-refractivity contribution >= 4 is 0 Å². The molecule has 0 amide bonds. The molecular formula is C28H42O2. The predicted molar refractivity (Wildman–Crippen MR) is 129 cm³/mol. The topological polar surface area (TPSA) is 40.5 Å². The minimum Gasteiger partial charge on any atom is -0.507 e. The molecule has 0 saturated heterocycles. The summed E-state index contributed by atoms with van der Waals surface area (Å²) in [5, 5.41) is 21.9. The first-order valence-corrected chi connectivity index (χ1v) is 11.2. The molecule has 2 aromatic carbocycles. The Bertz CT molecular complexity index is 878. The van der Waals surface area contributed by atoms with E-state index < -0.39 is 0 Å². The van der Waals surface area contributed by atoms with Crippen LogP contribution in [-0.4, -0.2) is 10.2 Å². The molecule has 0 atom stereocenters. The third-order valence-electron chi connectivity index (χ3n) is 5.82. The standard InChI is InChI=1S/C28H42O2/c1-17(2)20-13-18(14-21(24(20)29)26(3,4)5)12-19-15-22(27(6,7)8)25(30)23(16-19)28(9,10)11/h13-17,29-30H,12H2,1-11H3. The van der Waals surface area contributed by atoms with Crippen LogP contribution in [0.2, 0.25) is 0 Å². The molecule has 0 spiro atoms. The van der Waals surface area contributed by atoms with E-state index in [1.54, 1.807) is 0 Å². The maximum atomic E-state index is 11.0. The number of hydrogen-bond donors (Lipinski definition) is 2. The number of phenolic OH excluding ortho intramolecular Hbond substituents is 2. The number of phenols is 2. The third kappa shape index (κ3) is 5.20. The number of benzene rings is 2. The van der Waals surface area contributed by atoms with Gasteiger partial charge in [0, 0.05) is 0 Å². The molecule has 2 aromatic rings. The molecule has 2 rings (SSSR count). The van der Waals surface area contributed by atoms with Gasteiger partial charge in [0.15, 0.2) is 0 Å². The van der Waals surface area contributed by atoms with Crippen molar-refractivity contribution in [1.82, 2.24) is 0 Å². The van der Waals surface area contributed by atoms with Crippen molar-refractivity contribution in [2.45, 2.75) is 105 Å². The van der Waals surface area contributed by atoms with E-state index in [9.17, 15) is 10.2 Å². The fraction of sp³-hybridized carbons (Fsp3) is 0.571. The molecule has 30 heavy (non-hydrogen) atoms. The molecule has 166 valence electrons. The SMILES string of the molecule is CC(C)c1cc(Cc2cc(C(C)(C)C)c(O)c(C(C)(C)C)c2)cc(C(C)(C)C)c1O. The predicted octanol–water partition coefficient (Wildman–Crippen LogP) is 7.70. The van der Waals surface area contributed by atoms with Crippen LogP contribution < -0.4 is 0 Å². The van der Waals surface area contributed by atoms with Gasteiger partial charge in [0.1, 0.15) is 11.5 Å². The molecule has 0 aromatic heterocycles. The van der Waals surface area contributed by atoms with Gasteiger partial charge in [-0.25, -0.2) is 0 Å². The smallest absolute Gasteiger partial charge is 0.123 e. The summed E-state index contributed by atoms with van der Waals surface area (Å²) in [6.07, 6.45) is 0.773. The summed E-state index contributed by atoms with van der Waals surface area (Å²) >= 11 is 0. The van der Waals surface area contributed by atoms with Crippen LogP contribution in [0.15, 0.2) is 24.3 Å². The van der Waals surface area contributed by atoms with Crippen LogP contribution in [0, 0.1) is 0 Å². The Morgan fingerprint density at radius 2 is 0.933 bits per heavy atom. The van der Waals surface area contributed by atoms with Gasteiger partial charge in [0.05, 0.1) is 0 Å². The molecule has 2 heteroatoms. The molecule has 0 aliphatic rings. The van der Waals surface area contributed by atoms with Crippen LogP contribution in [0.5, 0.6) is 11.5 Å². The molecule has 0 bridgehead atoms. The average Bonchev–Trinajstić information content (AvgIpc) is 2.54. The summed E-state index contributed by atoms with van der Waals surface area (Å²) in [7, 11) is 0. The van der Waals surface area contributed by atoms with E-state index in [-0.39, 0.29) is 22.2 Å². The molecule has 0 heterocycles. The number of hydrogen-bond acceptors (Lipinski definition) is 2. The largest absolute Gasteiger partial charge is 0.507 e. The second-order valence-corrected chi connectivity index (χ2v) is 12.2. The summed E-state index contributed by atoms with van der Waals surface area (Å²) in [6, 6.07) is 8.61. The van der Waals surface area contributed by atoms with E-state index in [1.165, 1.54) is 11.1 Å². The van der Waals surface area contributed by atoms with Crippen molar-refractivity contribution in [3.05, 3.63) is 57.6 Å². The van der Waals surface area contributed by atoms with E-state index in [2.05, 4.69) is 100 Å². The highest BCUT2D eigenvalue weighted by molar-refractivity contribution is 5.53. The first kappa shape index (κ1) is 24.3. The lowest BCUT2D eigenvalue weighted by Crippen LogP contribution is -2.18. The first-order chi connectivity index (χ1) is 13.4. The van der Waals surface area contributed by atoms with Gasteiger partial charge in [-0.1, -0.05) is 100 Å². The van der Waals surface area contributed by atoms with Gasteiger partial charge >= 0.3 is 0 Å². The lowest BCUT2D eigenvalue weighted by atomic mass is 9.77. The molecule has 0 fully saturated rings. The Labute approximate surface area is 184 Å². The van der Waals surface area contributed by atoms with Crippen LogP contribution in [0.1, 0.15) is 115 Å². The second kappa shape index (κ2) is 7.94. The maximum absolute atomic E-state index is 11.0. The third-order valence-corrected chi connectivity index (χ3v) is 5.82. The maximum Gasteiger partial charge on any atom is 0.123 e. The lowest BCUT2D eigenvalue weighted by molar-refractivity contribution is 0.423. The van der Waals surface area contributed by atoms with Crippen LogP contribution in [0.4, 0.5) is 0 Å². The zero-order chi connectivity index (χ0) is 23.2. The molecule has 0 saturated carbocycles. The van der Waals surface area contributed by atoms with Crippen LogP contribution in [0.3, 0.4) is 0 Å². The fourth-order valence-electron chi connectivity index (χ4n) is 4.01. The van der Waals surface area contributed by atoms with Gasteiger partial charge in [-0.05, 0) is 62.0 Å². The summed E-state index contributed by atoms with van der Waals surface area (Å²) in [4.78, 5) is 0. The molecule has 2 N–H and O–H groups in total. The summed E-state index contributed by atoms with van der Waals surface area (Å²) in [5.41, 5.74) is 5.95. The Morgan fingerprint density at radius 3 is 1.27 bits per heavy atom. The quantitative estimate of drug-likeness (QED) is 0.544. The van der Waals surface area contributed by atoms with Crippen molar-refractivity contribution in [2.24, 2.45) is 0 Å². The van der Waals surface area contributed by atoms with Crippen molar-refractivity contribution in [3.63, 3.8) is 0 Å². The summed E-state index contributed by atoms with van der Waals surface area (Å²) in [6.45, 7) is 23.6. The number of rotatable bonds is 3. The molecular weight excluding hydrogens is 368 g/mol. The lowest BCUT2D eigenvalue weighted by Gasteiger charge is -2.28. The van der Waals surface area contributed by atoms with Crippen LogP contribution in [-0.2, 0) is 22.7 Å². The average molecular weight is 411 g/mol. The van der Waals surface area contributed by atoms with E-state index in [0.29, 0.717) is 11.5 Å². The highest BCUT2D eigenvalue weighted by atomic mass is 16.3. The monoisotopic (exact) mass is 410 g/mol. The Balaban J connectivity index is 2.69. The minimum atomic E-state index is -0.144. The Morgan fingerprint density at radius 1 is 0.600 bits per heavy atom. The molecule has 0 aliphatic heterocycles. The highest BCUT2D eigenvalue weighted by Gasteiger charge is 2.27. The normalized spacial score (nSPS) is 13.2. The van der Waals surface area contributed by atoms with Crippen molar-refractivity contribution in [3.8, 4) is 11.5 Å². The van der Waals surface area contributed by atoms with Gasteiger partial charge in [0.25, 0.3) is 0 Å². The second-order valence-electron chi connectivity index (χ2n) is 12.2. The Kier molecular flexibility index (Phi) is 6.44. The van der Waals surface area contributed by atoms with E-state index in [1.807, 2.05) is 0 Å². The van der Waals surface area contributed by atoms with Gasteiger partial charge < -0.3 is 10.2 Å². The summed E-state index contributed by atoms with van der Waals surface area (Å²) in [5.74, 6) is 1.10. The zero-order valence-corrected chi connectivity index (χ0v) is 21.0. The minimum absolute atomic E-state index is 0.133. The summed E-state index contributed by atoms with van der Waals surface area (Å²) < 4.78 is 0. The van der Waals surface area contributed by atoms with Crippen molar-refractivity contribution in [1.29, 1.82) is 0 Å². The highest BCUT2D eigenvalue weighted by Crippen LogP contribution is 2.41. The van der Waals surface area contributed by atoms with E-state index in [4.69, 9.17) is 0 Å². The van der Waals surface area contributed by atoms with E-state index >= 15 is 0 Å². The van der Waals surface area contributed by atoms with Crippen molar-refractivity contribution < 1.29 is 10.2 Å². The first-order valence-electron chi connectivity index (χ1n) is 11.2. The van der Waals surface area contributed by atoms with E-state index in [0.717, 1.165) is 28.7 Å². The van der Waals surface area contributed by atoms with Gasteiger partial charge in [0.2, 0.25) is 0 Å². The fourth-order valence-corrected chi connectivity index (χ4v) is 4.01. The molecule has 0 radical (unpaired) electrons. The van der Waals surface area contributed by atoms with Crippen LogP contribution >= 0.6 is 0 Å². The van der Waals surface area contributed by atoms with Gasteiger partial charge in [-0.2, -0.15) is 0 Å². The number of aromatic hydroxyl groups is 2. The molecule has 0 aliphatic carbocycles.